The van der Waals surface area contributed by atoms with Gasteiger partial charge in [0.2, 0.25) is 0 Å². The molecule has 0 atom stereocenters. The Hall–Kier alpha value is -3.87. The molecule has 34 heavy (non-hydrogen) atoms. The number of carbonyl (C=O) groups is 2. The molecule has 0 saturated heterocycles. The first kappa shape index (κ1) is 23.3. The van der Waals surface area contributed by atoms with Crippen LogP contribution in [0.15, 0.2) is 42.5 Å². The van der Waals surface area contributed by atoms with Crippen molar-refractivity contribution in [2.24, 2.45) is 0 Å². The molecule has 4 rings (SSSR count). The largest absolute Gasteiger partial charge is 0.469 e. The van der Waals surface area contributed by atoms with Gasteiger partial charge in [0.05, 0.1) is 18.5 Å². The van der Waals surface area contributed by atoms with Gasteiger partial charge in [-0.1, -0.05) is 6.07 Å². The quantitative estimate of drug-likeness (QED) is 0.396. The van der Waals surface area contributed by atoms with Crippen molar-refractivity contribution in [3.05, 3.63) is 81.8 Å². The second-order valence-corrected chi connectivity index (χ2v) is 8.62. The number of aromatic amines is 1. The summed E-state index contributed by atoms with van der Waals surface area (Å²) in [4.78, 5) is 27.6. The number of methoxy groups -OCH3 is 1. The first-order valence-electron chi connectivity index (χ1n) is 11.4. The highest BCUT2D eigenvalue weighted by Gasteiger charge is 2.15. The monoisotopic (exact) mass is 458 g/mol. The SMILES string of the molecule is COC(=O)CCc1c(C)nn(-c2ccc(C(=O)NCc3ccc4[nH]c(C)c(C)c4c3)cc2)c1C. The van der Waals surface area contributed by atoms with Crippen LogP contribution in [0.3, 0.4) is 0 Å². The van der Waals surface area contributed by atoms with Gasteiger partial charge in [-0.15, -0.1) is 0 Å². The van der Waals surface area contributed by atoms with Gasteiger partial charge in [0.1, 0.15) is 0 Å². The molecule has 1 amide bonds. The van der Waals surface area contributed by atoms with Gasteiger partial charge in [-0.3, -0.25) is 9.59 Å². The first-order chi connectivity index (χ1) is 16.3. The Morgan fingerprint density at radius 3 is 2.50 bits per heavy atom. The van der Waals surface area contributed by atoms with Crippen molar-refractivity contribution in [1.29, 1.82) is 0 Å². The summed E-state index contributed by atoms with van der Waals surface area (Å²) in [5.41, 5.74) is 8.91. The average molecular weight is 459 g/mol. The van der Waals surface area contributed by atoms with Gasteiger partial charge in [-0.05, 0) is 87.2 Å². The molecule has 0 fully saturated rings. The Labute approximate surface area is 199 Å². The topological polar surface area (TPSA) is 89.0 Å². The zero-order valence-electron chi connectivity index (χ0n) is 20.3. The third-order valence-corrected chi connectivity index (χ3v) is 6.45. The van der Waals surface area contributed by atoms with Crippen molar-refractivity contribution in [2.75, 3.05) is 7.11 Å². The van der Waals surface area contributed by atoms with Gasteiger partial charge in [-0.25, -0.2) is 4.68 Å². The van der Waals surface area contributed by atoms with Crippen LogP contribution in [-0.4, -0.2) is 33.8 Å². The highest BCUT2D eigenvalue weighted by atomic mass is 16.5. The van der Waals surface area contributed by atoms with E-state index >= 15 is 0 Å². The second kappa shape index (κ2) is 9.55. The summed E-state index contributed by atoms with van der Waals surface area (Å²) in [6, 6.07) is 13.6. The number of rotatable bonds is 7. The van der Waals surface area contributed by atoms with Crippen molar-refractivity contribution in [1.82, 2.24) is 20.1 Å². The summed E-state index contributed by atoms with van der Waals surface area (Å²) >= 11 is 0. The number of nitrogens with one attached hydrogen (secondary N) is 2. The molecule has 0 radical (unpaired) electrons. The summed E-state index contributed by atoms with van der Waals surface area (Å²) < 4.78 is 6.59. The molecule has 0 saturated carbocycles. The van der Waals surface area contributed by atoms with Crippen LogP contribution in [0.1, 0.15) is 50.6 Å². The number of hydrogen-bond acceptors (Lipinski definition) is 4. The third kappa shape index (κ3) is 4.59. The molecule has 7 heteroatoms. The molecule has 4 aromatic rings. The zero-order valence-corrected chi connectivity index (χ0v) is 20.3. The van der Waals surface area contributed by atoms with Gasteiger partial charge in [0.15, 0.2) is 0 Å². The van der Waals surface area contributed by atoms with Crippen LogP contribution in [0.25, 0.3) is 16.6 Å². The number of aryl methyl sites for hydroxylation is 3. The van der Waals surface area contributed by atoms with Gasteiger partial charge >= 0.3 is 5.97 Å². The summed E-state index contributed by atoms with van der Waals surface area (Å²) in [6.45, 7) is 8.54. The van der Waals surface area contributed by atoms with Crippen LogP contribution < -0.4 is 5.32 Å². The zero-order chi connectivity index (χ0) is 24.4. The normalized spacial score (nSPS) is 11.1. The van der Waals surface area contributed by atoms with Crippen molar-refractivity contribution in [3.8, 4) is 5.69 Å². The predicted molar refractivity (Wildman–Crippen MR) is 132 cm³/mol. The first-order valence-corrected chi connectivity index (χ1v) is 11.4. The summed E-state index contributed by atoms with van der Waals surface area (Å²) in [5, 5.41) is 8.82. The van der Waals surface area contributed by atoms with E-state index in [9.17, 15) is 9.59 Å². The van der Waals surface area contributed by atoms with Crippen LogP contribution in [0.5, 0.6) is 0 Å². The van der Waals surface area contributed by atoms with Gasteiger partial charge in [0, 0.05) is 40.8 Å². The molecule has 0 aliphatic rings. The number of benzene rings is 2. The lowest BCUT2D eigenvalue weighted by Crippen LogP contribution is -2.22. The lowest BCUT2D eigenvalue weighted by atomic mass is 10.1. The van der Waals surface area contributed by atoms with Crippen molar-refractivity contribution in [2.45, 2.75) is 47.1 Å². The van der Waals surface area contributed by atoms with E-state index in [1.54, 1.807) is 12.1 Å². The Morgan fingerprint density at radius 1 is 1.06 bits per heavy atom. The Kier molecular flexibility index (Phi) is 6.54. The fourth-order valence-electron chi connectivity index (χ4n) is 4.27. The van der Waals surface area contributed by atoms with Gasteiger partial charge in [0.25, 0.3) is 5.91 Å². The average Bonchev–Trinajstić information content (AvgIpc) is 3.29. The molecule has 0 aliphatic heterocycles. The third-order valence-electron chi connectivity index (χ3n) is 6.45. The maximum atomic E-state index is 12.7. The fourth-order valence-corrected chi connectivity index (χ4v) is 4.27. The molecule has 2 N–H and O–H groups in total. The Balaban J connectivity index is 1.44. The lowest BCUT2D eigenvalue weighted by Gasteiger charge is -2.09. The molecule has 7 nitrogen and oxygen atoms in total. The molecule has 176 valence electrons. The summed E-state index contributed by atoms with van der Waals surface area (Å²) in [7, 11) is 1.39. The van der Waals surface area contributed by atoms with Crippen LogP contribution in [0, 0.1) is 27.7 Å². The highest BCUT2D eigenvalue weighted by Crippen LogP contribution is 2.23. The van der Waals surface area contributed by atoms with E-state index in [0.717, 1.165) is 39.4 Å². The summed E-state index contributed by atoms with van der Waals surface area (Å²) in [5.74, 6) is -0.360. The molecule has 0 spiro atoms. The van der Waals surface area contributed by atoms with Gasteiger partial charge < -0.3 is 15.0 Å². The van der Waals surface area contributed by atoms with Crippen LogP contribution in [0.2, 0.25) is 0 Å². The number of fused-ring (bicyclic) bond motifs is 1. The van der Waals surface area contributed by atoms with Crippen molar-refractivity contribution in [3.63, 3.8) is 0 Å². The van der Waals surface area contributed by atoms with E-state index in [2.05, 4.69) is 41.4 Å². The van der Waals surface area contributed by atoms with Crippen molar-refractivity contribution < 1.29 is 14.3 Å². The van der Waals surface area contributed by atoms with Gasteiger partial charge in [-0.2, -0.15) is 5.10 Å². The molecule has 0 unspecified atom stereocenters. The number of amides is 1. The Bertz CT molecular complexity index is 1360. The maximum Gasteiger partial charge on any atom is 0.305 e. The molecular formula is C27H30N4O3. The van der Waals surface area contributed by atoms with Crippen LogP contribution in [-0.2, 0) is 22.5 Å². The van der Waals surface area contributed by atoms with E-state index < -0.39 is 0 Å². The number of esters is 1. The number of ether oxygens (including phenoxy) is 1. The van der Waals surface area contributed by atoms with E-state index in [4.69, 9.17) is 4.74 Å². The van der Waals surface area contributed by atoms with Crippen molar-refractivity contribution >= 4 is 22.8 Å². The maximum absolute atomic E-state index is 12.7. The van der Waals surface area contributed by atoms with E-state index in [0.29, 0.717) is 24.9 Å². The van der Waals surface area contributed by atoms with E-state index in [1.165, 1.54) is 18.1 Å². The molecule has 2 aromatic carbocycles. The molecule has 0 aliphatic carbocycles. The molecular weight excluding hydrogens is 428 g/mol. The number of nitrogens with zero attached hydrogens (tertiary/aromatic N) is 2. The van der Waals surface area contributed by atoms with E-state index in [-0.39, 0.29) is 11.9 Å². The van der Waals surface area contributed by atoms with E-state index in [1.807, 2.05) is 36.7 Å². The fraction of sp³-hybridized carbons (Fsp3) is 0.296. The van der Waals surface area contributed by atoms with Crippen LogP contribution in [0.4, 0.5) is 0 Å². The molecule has 2 heterocycles. The second-order valence-electron chi connectivity index (χ2n) is 8.62. The number of hydrogen-bond donors (Lipinski definition) is 2. The predicted octanol–water partition coefficient (Wildman–Crippen LogP) is 4.62. The highest BCUT2D eigenvalue weighted by molar-refractivity contribution is 5.94. The summed E-state index contributed by atoms with van der Waals surface area (Å²) in [6.07, 6.45) is 0.900. The number of H-pyrrole nitrogens is 1. The standard InChI is InChI=1S/C27H30N4O3/c1-16-17(2)29-25-12-6-20(14-24(16)25)15-28-27(33)21-7-9-22(10-8-21)31-19(4)23(18(3)30-31)11-13-26(32)34-5/h6-10,12,14,29H,11,13,15H2,1-5H3,(H,28,33). The number of carbonyl (C=O) groups excluding carboxylic acids is 2. The minimum atomic E-state index is -0.236. The smallest absolute Gasteiger partial charge is 0.305 e. The lowest BCUT2D eigenvalue weighted by molar-refractivity contribution is -0.140. The van der Waals surface area contributed by atoms with Crippen LogP contribution >= 0.6 is 0 Å². The molecule has 2 aromatic heterocycles. The minimum Gasteiger partial charge on any atom is -0.469 e. The minimum absolute atomic E-state index is 0.124. The Morgan fingerprint density at radius 2 is 1.79 bits per heavy atom. The molecule has 0 bridgehead atoms. The number of aromatic nitrogens is 3.